The van der Waals surface area contributed by atoms with Crippen molar-refractivity contribution in [1.82, 2.24) is 5.32 Å². The van der Waals surface area contributed by atoms with E-state index < -0.39 is 5.60 Å². The molecule has 1 heterocycles. The first-order chi connectivity index (χ1) is 9.83. The molecule has 0 spiro atoms. The average molecular weight is 290 g/mol. The minimum absolute atomic E-state index is 0.320. The Morgan fingerprint density at radius 3 is 2.52 bits per heavy atom. The van der Waals surface area contributed by atoms with Crippen LogP contribution >= 0.6 is 0 Å². The van der Waals surface area contributed by atoms with Gasteiger partial charge < -0.3 is 15.8 Å². The Bertz CT molecular complexity index is 532. The maximum atomic E-state index is 12.5. The summed E-state index contributed by atoms with van der Waals surface area (Å²) in [6.45, 7) is 9.88. The zero-order valence-electron chi connectivity index (χ0n) is 13.5. The van der Waals surface area contributed by atoms with E-state index in [9.17, 15) is 4.79 Å². The molecule has 1 aromatic rings. The van der Waals surface area contributed by atoms with Crippen molar-refractivity contribution in [1.29, 1.82) is 0 Å². The maximum Gasteiger partial charge on any atom is 0.340 e. The van der Waals surface area contributed by atoms with Gasteiger partial charge >= 0.3 is 5.97 Å². The van der Waals surface area contributed by atoms with Crippen LogP contribution in [0.4, 0.5) is 5.69 Å². The van der Waals surface area contributed by atoms with Gasteiger partial charge in [0.1, 0.15) is 5.60 Å². The summed E-state index contributed by atoms with van der Waals surface area (Å²) in [6.07, 6.45) is 2.06. The highest BCUT2D eigenvalue weighted by molar-refractivity contribution is 5.96. The molecule has 0 unspecified atom stereocenters. The predicted molar refractivity (Wildman–Crippen MR) is 85.4 cm³/mol. The number of nitrogen functional groups attached to an aromatic ring is 1. The fraction of sp³-hybridized carbons (Fsp3) is 0.588. The van der Waals surface area contributed by atoms with E-state index >= 15 is 0 Å². The first kappa shape index (κ1) is 15.8. The number of piperidine rings is 1. The number of hydrogen-bond acceptors (Lipinski definition) is 4. The Labute approximate surface area is 127 Å². The van der Waals surface area contributed by atoms with Gasteiger partial charge in [-0.15, -0.1) is 0 Å². The molecular weight excluding hydrogens is 264 g/mol. The number of aryl methyl sites for hydroxylation is 1. The quantitative estimate of drug-likeness (QED) is 0.663. The maximum absolute atomic E-state index is 12.5. The van der Waals surface area contributed by atoms with Crippen molar-refractivity contribution in [2.24, 2.45) is 5.92 Å². The standard InChI is InChI=1S/C17H26N2O2/c1-11-5-6-14(15(18)12(11)2)16(20)21-17(3,4)13-7-9-19-10-8-13/h5-6,13,19H,7-10,18H2,1-4H3. The Morgan fingerprint density at radius 1 is 1.29 bits per heavy atom. The fourth-order valence-electron chi connectivity index (χ4n) is 2.91. The molecule has 3 N–H and O–H groups in total. The van der Waals surface area contributed by atoms with E-state index in [1.807, 2.05) is 33.8 Å². The second kappa shape index (κ2) is 6.06. The van der Waals surface area contributed by atoms with Crippen LogP contribution in [-0.2, 0) is 4.74 Å². The van der Waals surface area contributed by atoms with Gasteiger partial charge in [-0.2, -0.15) is 0 Å². The fourth-order valence-corrected chi connectivity index (χ4v) is 2.91. The second-order valence-electron chi connectivity index (χ2n) is 6.49. The summed E-state index contributed by atoms with van der Waals surface area (Å²) in [5, 5.41) is 3.33. The summed E-state index contributed by atoms with van der Waals surface area (Å²) in [4.78, 5) is 12.5. The van der Waals surface area contributed by atoms with Crippen LogP contribution in [0.5, 0.6) is 0 Å². The number of esters is 1. The van der Waals surface area contributed by atoms with E-state index in [4.69, 9.17) is 10.5 Å². The third-order valence-electron chi connectivity index (χ3n) is 4.68. The Hall–Kier alpha value is -1.55. The van der Waals surface area contributed by atoms with Gasteiger partial charge in [-0.3, -0.25) is 0 Å². The number of nitrogens with two attached hydrogens (primary N) is 1. The number of nitrogens with one attached hydrogen (secondary N) is 1. The lowest BCUT2D eigenvalue weighted by atomic mass is 9.83. The number of carbonyl (C=O) groups excluding carboxylic acids is 1. The van der Waals surface area contributed by atoms with Crippen molar-refractivity contribution in [2.75, 3.05) is 18.8 Å². The Balaban J connectivity index is 2.15. The highest BCUT2D eigenvalue weighted by Gasteiger charge is 2.34. The SMILES string of the molecule is Cc1ccc(C(=O)OC(C)(C)C2CCNCC2)c(N)c1C. The molecule has 0 aliphatic carbocycles. The molecule has 1 saturated heterocycles. The lowest BCUT2D eigenvalue weighted by Crippen LogP contribution is -2.42. The first-order valence-corrected chi connectivity index (χ1v) is 7.62. The first-order valence-electron chi connectivity index (χ1n) is 7.62. The number of anilines is 1. The van der Waals surface area contributed by atoms with Crippen LogP contribution in [0, 0.1) is 19.8 Å². The number of benzene rings is 1. The van der Waals surface area contributed by atoms with E-state index in [0.29, 0.717) is 17.2 Å². The number of ether oxygens (including phenoxy) is 1. The minimum atomic E-state index is -0.468. The van der Waals surface area contributed by atoms with Crippen LogP contribution in [0.15, 0.2) is 12.1 Å². The summed E-state index contributed by atoms with van der Waals surface area (Å²) >= 11 is 0. The third-order valence-corrected chi connectivity index (χ3v) is 4.68. The van der Waals surface area contributed by atoms with E-state index in [1.54, 1.807) is 6.07 Å². The Morgan fingerprint density at radius 2 is 1.90 bits per heavy atom. The van der Waals surface area contributed by atoms with Gasteiger partial charge in [-0.1, -0.05) is 6.07 Å². The van der Waals surface area contributed by atoms with Crippen LogP contribution in [0.1, 0.15) is 48.2 Å². The van der Waals surface area contributed by atoms with Gasteiger partial charge in [0.2, 0.25) is 0 Å². The van der Waals surface area contributed by atoms with Crippen molar-refractivity contribution < 1.29 is 9.53 Å². The van der Waals surface area contributed by atoms with Gasteiger partial charge in [-0.05, 0) is 70.8 Å². The van der Waals surface area contributed by atoms with E-state index in [2.05, 4.69) is 5.32 Å². The van der Waals surface area contributed by atoms with Crippen LogP contribution < -0.4 is 11.1 Å². The summed E-state index contributed by atoms with van der Waals surface area (Å²) in [5.41, 5.74) is 8.64. The minimum Gasteiger partial charge on any atom is -0.456 e. The number of hydrogen-bond donors (Lipinski definition) is 2. The van der Waals surface area contributed by atoms with Gasteiger partial charge in [0, 0.05) is 11.6 Å². The third kappa shape index (κ3) is 3.38. The van der Waals surface area contributed by atoms with E-state index in [0.717, 1.165) is 37.1 Å². The molecule has 1 aliphatic rings. The normalized spacial score (nSPS) is 16.8. The van der Waals surface area contributed by atoms with E-state index in [1.165, 1.54) is 0 Å². The smallest absolute Gasteiger partial charge is 0.340 e. The van der Waals surface area contributed by atoms with Gasteiger partial charge in [-0.25, -0.2) is 4.79 Å². The lowest BCUT2D eigenvalue weighted by molar-refractivity contribution is -0.0367. The second-order valence-corrected chi connectivity index (χ2v) is 6.49. The van der Waals surface area contributed by atoms with Crippen LogP contribution in [-0.4, -0.2) is 24.7 Å². The van der Waals surface area contributed by atoms with Crippen LogP contribution in [0.3, 0.4) is 0 Å². The molecule has 1 aromatic carbocycles. The van der Waals surface area contributed by atoms with Gasteiger partial charge in [0.15, 0.2) is 0 Å². The van der Waals surface area contributed by atoms with E-state index in [-0.39, 0.29) is 5.97 Å². The molecule has 1 fully saturated rings. The molecular formula is C17H26N2O2. The molecule has 0 saturated carbocycles. The predicted octanol–water partition coefficient (Wildman–Crippen LogP) is 2.82. The highest BCUT2D eigenvalue weighted by atomic mass is 16.6. The Kier molecular flexibility index (Phi) is 4.57. The monoisotopic (exact) mass is 290 g/mol. The van der Waals surface area contributed by atoms with Crippen molar-refractivity contribution >= 4 is 11.7 Å². The summed E-state index contributed by atoms with van der Waals surface area (Å²) in [5.74, 6) is 0.0644. The highest BCUT2D eigenvalue weighted by Crippen LogP contribution is 2.31. The number of carbonyl (C=O) groups is 1. The molecule has 0 bridgehead atoms. The molecule has 0 atom stereocenters. The lowest BCUT2D eigenvalue weighted by Gasteiger charge is -2.36. The van der Waals surface area contributed by atoms with Crippen LogP contribution in [0.25, 0.3) is 0 Å². The molecule has 116 valence electrons. The zero-order chi connectivity index (χ0) is 15.6. The number of rotatable bonds is 3. The molecule has 0 amide bonds. The average Bonchev–Trinajstić information content (AvgIpc) is 2.45. The molecule has 0 radical (unpaired) electrons. The van der Waals surface area contributed by atoms with Crippen molar-refractivity contribution in [3.8, 4) is 0 Å². The van der Waals surface area contributed by atoms with Crippen LogP contribution in [0.2, 0.25) is 0 Å². The van der Waals surface area contributed by atoms with Gasteiger partial charge in [0.25, 0.3) is 0 Å². The summed E-state index contributed by atoms with van der Waals surface area (Å²) in [7, 11) is 0. The summed E-state index contributed by atoms with van der Waals surface area (Å²) in [6, 6.07) is 3.68. The van der Waals surface area contributed by atoms with Crippen molar-refractivity contribution in [3.63, 3.8) is 0 Å². The molecule has 4 heteroatoms. The van der Waals surface area contributed by atoms with Gasteiger partial charge in [0.05, 0.1) is 5.56 Å². The molecule has 2 rings (SSSR count). The molecule has 4 nitrogen and oxygen atoms in total. The topological polar surface area (TPSA) is 64.3 Å². The van der Waals surface area contributed by atoms with Crippen molar-refractivity contribution in [2.45, 2.75) is 46.1 Å². The zero-order valence-corrected chi connectivity index (χ0v) is 13.5. The molecule has 0 aromatic heterocycles. The molecule has 21 heavy (non-hydrogen) atoms. The summed E-state index contributed by atoms with van der Waals surface area (Å²) < 4.78 is 5.79. The molecule has 1 aliphatic heterocycles. The van der Waals surface area contributed by atoms with Crippen molar-refractivity contribution in [3.05, 3.63) is 28.8 Å². The largest absolute Gasteiger partial charge is 0.456 e.